The van der Waals surface area contributed by atoms with Gasteiger partial charge in [-0.15, -0.1) is 0 Å². The van der Waals surface area contributed by atoms with Crippen molar-refractivity contribution in [1.29, 1.82) is 0 Å². The van der Waals surface area contributed by atoms with Crippen molar-refractivity contribution < 1.29 is 11.3 Å². The molecule has 0 amide bonds. The molecule has 2 heteroatoms. The second-order valence-corrected chi connectivity index (χ2v) is 11.4. The zero-order valence-electron chi connectivity index (χ0n) is 29.7. The van der Waals surface area contributed by atoms with Crippen LogP contribution in [0.15, 0.2) is 180 Å². The molecule has 0 aliphatic carbocycles. The van der Waals surface area contributed by atoms with E-state index >= 15 is 0 Å². The molecule has 0 fully saturated rings. The van der Waals surface area contributed by atoms with E-state index < -0.39 is 18.1 Å². The van der Waals surface area contributed by atoms with Gasteiger partial charge in [0, 0.05) is 22.3 Å². The Bertz CT molecular complexity index is 2800. The standard InChI is InChI=1S/C44H29NO/c1-2-14-37(15-3-1)45(38-24-22-32(23-25-38)35-20-18-30-10-4-6-12-33(30)28-35)41-27-26-39(36-21-19-31-11-5-7-13-34(31)29-36)44-43(41)40-16-8-9-17-42(40)46-44/h1-29H/i1D,2D,3D,14D,15D. The summed E-state index contributed by atoms with van der Waals surface area (Å²) in [4.78, 5) is 1.78. The lowest BCUT2D eigenvalue weighted by Gasteiger charge is -2.27. The van der Waals surface area contributed by atoms with Gasteiger partial charge in [-0.2, -0.15) is 0 Å². The van der Waals surface area contributed by atoms with Gasteiger partial charge in [0.1, 0.15) is 11.2 Å². The summed E-state index contributed by atoms with van der Waals surface area (Å²) in [5.41, 5.74) is 6.60. The van der Waals surface area contributed by atoms with Crippen LogP contribution in [0.2, 0.25) is 0 Å². The van der Waals surface area contributed by atoms with Gasteiger partial charge in [-0.1, -0.05) is 121 Å². The minimum absolute atomic E-state index is 0.0597. The molecule has 0 saturated heterocycles. The van der Waals surface area contributed by atoms with Crippen LogP contribution in [0.4, 0.5) is 17.1 Å². The predicted molar refractivity (Wildman–Crippen MR) is 194 cm³/mol. The fourth-order valence-electron chi connectivity index (χ4n) is 6.50. The number of benzene rings is 8. The van der Waals surface area contributed by atoms with Gasteiger partial charge in [0.15, 0.2) is 0 Å². The number of fused-ring (bicyclic) bond motifs is 5. The first-order valence-corrected chi connectivity index (χ1v) is 15.3. The average Bonchev–Trinajstić information content (AvgIpc) is 3.57. The van der Waals surface area contributed by atoms with Crippen molar-refractivity contribution in [1.82, 2.24) is 0 Å². The Hall–Kier alpha value is -6.12. The lowest BCUT2D eigenvalue weighted by Crippen LogP contribution is -2.10. The maximum absolute atomic E-state index is 9.07. The first-order chi connectivity index (χ1) is 24.9. The number of hydrogen-bond donors (Lipinski definition) is 0. The Morgan fingerprint density at radius 1 is 0.478 bits per heavy atom. The summed E-state index contributed by atoms with van der Waals surface area (Å²) in [6, 6.07) is 47.0. The summed E-state index contributed by atoms with van der Waals surface area (Å²) < 4.78 is 50.3. The quantitative estimate of drug-likeness (QED) is 0.198. The molecule has 0 aliphatic heterocycles. The second-order valence-electron chi connectivity index (χ2n) is 11.4. The van der Waals surface area contributed by atoms with Gasteiger partial charge in [-0.25, -0.2) is 0 Å². The van der Waals surface area contributed by atoms with E-state index in [0.717, 1.165) is 54.6 Å². The van der Waals surface area contributed by atoms with Crippen molar-refractivity contribution in [3.63, 3.8) is 0 Å². The van der Waals surface area contributed by atoms with Crippen LogP contribution in [0, 0.1) is 0 Å². The summed E-state index contributed by atoms with van der Waals surface area (Å²) in [7, 11) is 0. The molecular formula is C44H29NO. The van der Waals surface area contributed by atoms with Crippen molar-refractivity contribution in [3.8, 4) is 22.3 Å². The number of para-hydroxylation sites is 2. The molecule has 0 radical (unpaired) electrons. The third-order valence-corrected chi connectivity index (χ3v) is 8.72. The normalized spacial score (nSPS) is 13.0. The molecule has 46 heavy (non-hydrogen) atoms. The predicted octanol–water partition coefficient (Wildman–Crippen LogP) is 12.7. The summed E-state index contributed by atoms with van der Waals surface area (Å²) >= 11 is 0. The Morgan fingerprint density at radius 3 is 1.83 bits per heavy atom. The van der Waals surface area contributed by atoms with Gasteiger partial charge in [-0.05, 0) is 92.8 Å². The van der Waals surface area contributed by atoms with Gasteiger partial charge < -0.3 is 9.32 Å². The molecule has 0 saturated carbocycles. The van der Waals surface area contributed by atoms with Gasteiger partial charge in [0.2, 0.25) is 0 Å². The van der Waals surface area contributed by atoms with E-state index in [4.69, 9.17) is 11.3 Å². The van der Waals surface area contributed by atoms with Gasteiger partial charge in [0.25, 0.3) is 0 Å². The largest absolute Gasteiger partial charge is 0.455 e. The summed E-state index contributed by atoms with van der Waals surface area (Å²) in [5, 5.41) is 6.18. The molecule has 0 bridgehead atoms. The highest BCUT2D eigenvalue weighted by Crippen LogP contribution is 2.46. The molecule has 1 heterocycles. The van der Waals surface area contributed by atoms with Crippen molar-refractivity contribution in [3.05, 3.63) is 176 Å². The molecule has 0 unspecified atom stereocenters. The van der Waals surface area contributed by atoms with E-state index in [9.17, 15) is 0 Å². The highest BCUT2D eigenvalue weighted by Gasteiger charge is 2.22. The molecule has 9 rings (SSSR count). The smallest absolute Gasteiger partial charge is 0.145 e. The van der Waals surface area contributed by atoms with Gasteiger partial charge >= 0.3 is 0 Å². The second kappa shape index (κ2) is 10.8. The van der Waals surface area contributed by atoms with Crippen LogP contribution in [0.5, 0.6) is 0 Å². The highest BCUT2D eigenvalue weighted by atomic mass is 16.3. The Balaban J connectivity index is 1.30. The molecule has 1 aromatic heterocycles. The Morgan fingerprint density at radius 2 is 1.09 bits per heavy atom. The molecular weight excluding hydrogens is 558 g/mol. The van der Waals surface area contributed by atoms with E-state index in [1.54, 1.807) is 4.90 Å². The number of rotatable bonds is 5. The van der Waals surface area contributed by atoms with Crippen LogP contribution in [0.1, 0.15) is 6.85 Å². The molecule has 0 N–H and O–H groups in total. The maximum atomic E-state index is 9.07. The Kier molecular flexibility index (Phi) is 5.06. The zero-order chi connectivity index (χ0) is 34.8. The SMILES string of the molecule is [2H]c1c([2H])c([2H])c(N(c2ccc(-c3ccc4ccccc4c3)cc2)c2ccc(-c3ccc4ccccc4c3)c3oc4ccccc4c23)c([2H])c1[2H]. The average molecular weight is 593 g/mol. The molecule has 2 nitrogen and oxygen atoms in total. The monoisotopic (exact) mass is 592 g/mol. The van der Waals surface area contributed by atoms with Crippen LogP contribution in [0.25, 0.3) is 65.7 Å². The third-order valence-electron chi connectivity index (χ3n) is 8.72. The fraction of sp³-hybridized carbons (Fsp3) is 0. The van der Waals surface area contributed by atoms with E-state index in [1.165, 1.54) is 0 Å². The number of nitrogens with zero attached hydrogens (tertiary/aromatic N) is 1. The first-order valence-electron chi connectivity index (χ1n) is 17.8. The number of hydrogen-bond acceptors (Lipinski definition) is 2. The van der Waals surface area contributed by atoms with Crippen molar-refractivity contribution >= 4 is 60.5 Å². The lowest BCUT2D eigenvalue weighted by molar-refractivity contribution is 0.670. The van der Waals surface area contributed by atoms with E-state index in [2.05, 4.69) is 60.7 Å². The van der Waals surface area contributed by atoms with Gasteiger partial charge in [0.05, 0.1) is 17.9 Å². The molecule has 9 aromatic rings. The van der Waals surface area contributed by atoms with Crippen LogP contribution < -0.4 is 4.90 Å². The molecule has 0 aliphatic rings. The van der Waals surface area contributed by atoms with Crippen molar-refractivity contribution in [2.75, 3.05) is 4.90 Å². The summed E-state index contributed by atoms with van der Waals surface area (Å²) in [6.45, 7) is 0. The minimum atomic E-state index is -0.439. The minimum Gasteiger partial charge on any atom is -0.455 e. The molecule has 0 atom stereocenters. The molecule has 8 aromatic carbocycles. The lowest BCUT2D eigenvalue weighted by atomic mass is 9.97. The highest BCUT2D eigenvalue weighted by molar-refractivity contribution is 6.17. The van der Waals surface area contributed by atoms with Crippen LogP contribution in [-0.4, -0.2) is 0 Å². The van der Waals surface area contributed by atoms with Gasteiger partial charge in [-0.3, -0.25) is 0 Å². The van der Waals surface area contributed by atoms with Crippen molar-refractivity contribution in [2.45, 2.75) is 0 Å². The zero-order valence-corrected chi connectivity index (χ0v) is 24.7. The van der Waals surface area contributed by atoms with Crippen molar-refractivity contribution in [2.24, 2.45) is 0 Å². The van der Waals surface area contributed by atoms with E-state index in [1.807, 2.05) is 84.9 Å². The van der Waals surface area contributed by atoms with Crippen LogP contribution in [0.3, 0.4) is 0 Å². The number of furan rings is 1. The molecule has 216 valence electrons. The Labute approximate surface area is 274 Å². The molecule has 0 spiro atoms. The first kappa shape index (κ1) is 21.6. The summed E-state index contributed by atoms with van der Waals surface area (Å²) in [6.07, 6.45) is 0. The number of anilines is 3. The third kappa shape index (κ3) is 4.43. The van der Waals surface area contributed by atoms with E-state index in [0.29, 0.717) is 22.5 Å². The van der Waals surface area contributed by atoms with Crippen LogP contribution in [-0.2, 0) is 0 Å². The fourth-order valence-corrected chi connectivity index (χ4v) is 6.50. The summed E-state index contributed by atoms with van der Waals surface area (Å²) in [5.74, 6) is 0. The van der Waals surface area contributed by atoms with Crippen LogP contribution >= 0.6 is 0 Å². The maximum Gasteiger partial charge on any atom is 0.145 e. The topological polar surface area (TPSA) is 16.4 Å². The van der Waals surface area contributed by atoms with E-state index in [-0.39, 0.29) is 17.8 Å².